The molecule has 0 unspecified atom stereocenters. The van der Waals surface area contributed by atoms with Crippen LogP contribution in [0.25, 0.3) is 0 Å². The molecule has 114 valence electrons. The first-order chi connectivity index (χ1) is 9.52. The van der Waals surface area contributed by atoms with E-state index < -0.39 is 11.5 Å². The predicted octanol–water partition coefficient (Wildman–Crippen LogP) is 1.01. The van der Waals surface area contributed by atoms with Gasteiger partial charge in [0.2, 0.25) is 11.8 Å². The highest BCUT2D eigenvalue weighted by Crippen LogP contribution is 2.46. The molecule has 1 saturated carbocycles. The Kier molecular flexibility index (Phi) is 4.81. The number of hydrogen-bond donors (Lipinski definition) is 1. The van der Waals surface area contributed by atoms with Gasteiger partial charge in [-0.15, -0.1) is 0 Å². The molecule has 1 aliphatic heterocycles. The van der Waals surface area contributed by atoms with E-state index in [1.54, 1.807) is 0 Å². The molecule has 20 heavy (non-hydrogen) atoms. The van der Waals surface area contributed by atoms with Crippen molar-refractivity contribution in [2.24, 2.45) is 5.41 Å². The number of aliphatic hydroxyl groups excluding tert-OH is 1. The summed E-state index contributed by atoms with van der Waals surface area (Å²) in [6, 6.07) is 0. The lowest BCUT2D eigenvalue weighted by atomic mass is 9.84. The molecule has 5 nitrogen and oxygen atoms in total. The molecule has 2 fully saturated rings. The van der Waals surface area contributed by atoms with Gasteiger partial charge in [-0.2, -0.15) is 0 Å². The molecule has 2 amide bonds. The zero-order chi connectivity index (χ0) is 14.8. The van der Waals surface area contributed by atoms with Crippen LogP contribution >= 0.6 is 0 Å². The van der Waals surface area contributed by atoms with Crippen LogP contribution in [0.1, 0.15) is 46.0 Å². The Morgan fingerprint density at radius 2 is 1.85 bits per heavy atom. The largest absolute Gasteiger partial charge is 0.390 e. The number of carbonyl (C=O) groups excluding carboxylic acids is 2. The zero-order valence-electron chi connectivity index (χ0n) is 12.6. The van der Waals surface area contributed by atoms with Gasteiger partial charge in [0.1, 0.15) is 0 Å². The minimum atomic E-state index is -0.653. The molecule has 2 rings (SSSR count). The van der Waals surface area contributed by atoms with Crippen LogP contribution in [0.3, 0.4) is 0 Å². The monoisotopic (exact) mass is 282 g/mol. The third kappa shape index (κ3) is 2.88. The fourth-order valence-corrected chi connectivity index (χ4v) is 3.54. The van der Waals surface area contributed by atoms with Crippen LogP contribution in [-0.2, 0) is 9.59 Å². The Morgan fingerprint density at radius 1 is 1.25 bits per heavy atom. The second kappa shape index (κ2) is 6.22. The molecule has 0 aromatic rings. The number of carbonyl (C=O) groups is 2. The van der Waals surface area contributed by atoms with Crippen LogP contribution in [0.2, 0.25) is 0 Å². The summed E-state index contributed by atoms with van der Waals surface area (Å²) in [5.41, 5.74) is -0.425. The number of amides is 2. The lowest BCUT2D eigenvalue weighted by molar-refractivity contribution is -0.143. The van der Waals surface area contributed by atoms with E-state index in [1.165, 1.54) is 4.90 Å². The van der Waals surface area contributed by atoms with E-state index in [1.807, 2.05) is 13.8 Å². The maximum Gasteiger partial charge on any atom is 0.235 e. The second-order valence-electron chi connectivity index (χ2n) is 6.11. The normalized spacial score (nSPS) is 23.3. The molecule has 0 aromatic carbocycles. The van der Waals surface area contributed by atoms with Crippen molar-refractivity contribution < 1.29 is 14.7 Å². The van der Waals surface area contributed by atoms with Crippen molar-refractivity contribution in [2.45, 2.75) is 52.1 Å². The first-order valence-corrected chi connectivity index (χ1v) is 7.77. The Hall–Kier alpha value is -0.940. The maximum atomic E-state index is 12.5. The summed E-state index contributed by atoms with van der Waals surface area (Å²) >= 11 is 0. The molecule has 1 aliphatic carbocycles. The summed E-state index contributed by atoms with van der Waals surface area (Å²) < 4.78 is 0. The average molecular weight is 282 g/mol. The number of imide groups is 1. The van der Waals surface area contributed by atoms with Crippen molar-refractivity contribution in [1.82, 2.24) is 9.80 Å². The molecular weight excluding hydrogens is 256 g/mol. The molecule has 2 aliphatic rings. The first kappa shape index (κ1) is 15.4. The fourth-order valence-electron chi connectivity index (χ4n) is 3.54. The van der Waals surface area contributed by atoms with Gasteiger partial charge in [0.25, 0.3) is 0 Å². The van der Waals surface area contributed by atoms with Crippen LogP contribution in [0.5, 0.6) is 0 Å². The van der Waals surface area contributed by atoms with Gasteiger partial charge in [0.15, 0.2) is 0 Å². The molecule has 5 heteroatoms. The van der Waals surface area contributed by atoms with Gasteiger partial charge in [0, 0.05) is 13.0 Å². The van der Waals surface area contributed by atoms with E-state index in [0.29, 0.717) is 13.0 Å². The number of hydrogen-bond acceptors (Lipinski definition) is 4. The summed E-state index contributed by atoms with van der Waals surface area (Å²) in [6.07, 6.45) is 3.44. The molecule has 1 atom stereocenters. The van der Waals surface area contributed by atoms with E-state index >= 15 is 0 Å². The number of β-amino-alcohol motifs (C(OH)–C–C–N with tert-alkyl or cyclic N) is 1. The third-order valence-corrected chi connectivity index (χ3v) is 4.81. The van der Waals surface area contributed by atoms with E-state index in [9.17, 15) is 14.7 Å². The highest BCUT2D eigenvalue weighted by molar-refractivity contribution is 6.06. The average Bonchev–Trinajstić information content (AvgIpc) is 2.98. The zero-order valence-corrected chi connectivity index (χ0v) is 12.6. The van der Waals surface area contributed by atoms with E-state index in [0.717, 1.165) is 38.8 Å². The maximum absolute atomic E-state index is 12.5. The SMILES string of the molecule is CCN(CC)C[C@H](O)CN1C(=O)CC2(CCCC2)C1=O. The Bertz CT molecular complexity index is 373. The van der Waals surface area contributed by atoms with Gasteiger partial charge in [-0.3, -0.25) is 14.5 Å². The lowest BCUT2D eigenvalue weighted by Gasteiger charge is -2.26. The van der Waals surface area contributed by atoms with Crippen LogP contribution in [-0.4, -0.2) is 59.0 Å². The highest BCUT2D eigenvalue weighted by atomic mass is 16.3. The summed E-state index contributed by atoms with van der Waals surface area (Å²) in [5.74, 6) is -0.144. The number of nitrogens with zero attached hydrogens (tertiary/aromatic N) is 2. The molecule has 0 aromatic heterocycles. The van der Waals surface area contributed by atoms with Gasteiger partial charge in [-0.05, 0) is 25.9 Å². The van der Waals surface area contributed by atoms with Crippen molar-refractivity contribution in [3.8, 4) is 0 Å². The van der Waals surface area contributed by atoms with E-state index in [2.05, 4.69) is 4.90 Å². The Morgan fingerprint density at radius 3 is 2.40 bits per heavy atom. The standard InChI is InChI=1S/C15H26N2O3/c1-3-16(4-2)10-12(18)11-17-13(19)9-15(14(17)20)7-5-6-8-15/h12,18H,3-11H2,1-2H3/t12-/m0/s1. The summed E-state index contributed by atoms with van der Waals surface area (Å²) in [4.78, 5) is 28.0. The summed E-state index contributed by atoms with van der Waals surface area (Å²) in [7, 11) is 0. The summed E-state index contributed by atoms with van der Waals surface area (Å²) in [6.45, 7) is 6.46. The van der Waals surface area contributed by atoms with Crippen molar-refractivity contribution in [3.05, 3.63) is 0 Å². The van der Waals surface area contributed by atoms with Gasteiger partial charge < -0.3 is 10.0 Å². The molecule has 0 bridgehead atoms. The molecular formula is C15H26N2O3. The predicted molar refractivity (Wildman–Crippen MR) is 76.0 cm³/mol. The quantitative estimate of drug-likeness (QED) is 0.739. The molecule has 1 saturated heterocycles. The topological polar surface area (TPSA) is 60.9 Å². The number of likely N-dealkylation sites (tertiary alicyclic amines) is 1. The van der Waals surface area contributed by atoms with Gasteiger partial charge in [-0.25, -0.2) is 0 Å². The Labute approximate surface area is 120 Å². The van der Waals surface area contributed by atoms with Crippen LogP contribution < -0.4 is 0 Å². The minimum absolute atomic E-state index is 0.0430. The van der Waals surface area contributed by atoms with Gasteiger partial charge >= 0.3 is 0 Å². The molecule has 1 N–H and O–H groups in total. The number of likely N-dealkylation sites (N-methyl/N-ethyl adjacent to an activating group) is 1. The van der Waals surface area contributed by atoms with Crippen molar-refractivity contribution >= 4 is 11.8 Å². The third-order valence-electron chi connectivity index (χ3n) is 4.81. The van der Waals surface area contributed by atoms with Crippen LogP contribution in [0.4, 0.5) is 0 Å². The fraction of sp³-hybridized carbons (Fsp3) is 0.867. The summed E-state index contributed by atoms with van der Waals surface area (Å²) in [5, 5.41) is 10.1. The number of rotatable bonds is 6. The minimum Gasteiger partial charge on any atom is -0.390 e. The molecule has 0 radical (unpaired) electrons. The van der Waals surface area contributed by atoms with Crippen LogP contribution in [0.15, 0.2) is 0 Å². The first-order valence-electron chi connectivity index (χ1n) is 7.77. The van der Waals surface area contributed by atoms with Crippen molar-refractivity contribution in [1.29, 1.82) is 0 Å². The van der Waals surface area contributed by atoms with E-state index in [-0.39, 0.29) is 18.4 Å². The van der Waals surface area contributed by atoms with Gasteiger partial charge in [-0.1, -0.05) is 26.7 Å². The van der Waals surface area contributed by atoms with Crippen molar-refractivity contribution in [2.75, 3.05) is 26.2 Å². The lowest BCUT2D eigenvalue weighted by Crippen LogP contribution is -2.43. The highest BCUT2D eigenvalue weighted by Gasteiger charge is 2.52. The molecule has 1 heterocycles. The Balaban J connectivity index is 1.95. The smallest absolute Gasteiger partial charge is 0.235 e. The number of aliphatic hydroxyl groups is 1. The second-order valence-corrected chi connectivity index (χ2v) is 6.11. The molecule has 1 spiro atoms. The van der Waals surface area contributed by atoms with E-state index in [4.69, 9.17) is 0 Å². The van der Waals surface area contributed by atoms with Crippen LogP contribution in [0, 0.1) is 5.41 Å². The van der Waals surface area contributed by atoms with Crippen molar-refractivity contribution in [3.63, 3.8) is 0 Å². The van der Waals surface area contributed by atoms with Gasteiger partial charge in [0.05, 0.1) is 18.1 Å².